The molecule has 1 unspecified atom stereocenters. The van der Waals surface area contributed by atoms with Crippen molar-refractivity contribution in [3.8, 4) is 0 Å². The van der Waals surface area contributed by atoms with Crippen LogP contribution in [0.2, 0.25) is 0 Å². The van der Waals surface area contributed by atoms with Crippen LogP contribution in [0.3, 0.4) is 0 Å². The number of carbonyl (C=O) groups is 1. The standard InChI is InChI=1S/C19H30FN5O.HI/c1-4-22-19(25-9-5-6-15(13-25)11-18(21)26)23-12-14-7-8-17(24(2)3)16(20)10-14;/h7-8,10,15H,4-6,9,11-13H2,1-3H3,(H2,21,26)(H,22,23);1H. The van der Waals surface area contributed by atoms with Crippen molar-refractivity contribution in [2.75, 3.05) is 38.6 Å². The number of halogens is 2. The molecule has 6 nitrogen and oxygen atoms in total. The number of likely N-dealkylation sites (tertiary alicyclic amines) is 1. The number of nitrogens with one attached hydrogen (secondary N) is 1. The lowest BCUT2D eigenvalue weighted by Crippen LogP contribution is -2.47. The predicted octanol–water partition coefficient (Wildman–Crippen LogP) is 2.56. The van der Waals surface area contributed by atoms with Gasteiger partial charge in [0.2, 0.25) is 5.91 Å². The summed E-state index contributed by atoms with van der Waals surface area (Å²) >= 11 is 0. The van der Waals surface area contributed by atoms with E-state index in [4.69, 9.17) is 5.73 Å². The minimum atomic E-state index is -0.254. The Labute approximate surface area is 178 Å². The topological polar surface area (TPSA) is 74.0 Å². The van der Waals surface area contributed by atoms with E-state index in [-0.39, 0.29) is 41.6 Å². The molecule has 8 heteroatoms. The molecule has 1 aliphatic heterocycles. The van der Waals surface area contributed by atoms with Crippen molar-refractivity contribution in [2.45, 2.75) is 32.7 Å². The molecular formula is C19H31FIN5O. The fraction of sp³-hybridized carbons (Fsp3) is 0.579. The number of nitrogens with two attached hydrogens (primary N) is 1. The Kier molecular flexibility index (Phi) is 9.82. The van der Waals surface area contributed by atoms with Gasteiger partial charge in [0.1, 0.15) is 5.82 Å². The van der Waals surface area contributed by atoms with E-state index in [0.717, 1.165) is 44.0 Å². The largest absolute Gasteiger partial charge is 0.375 e. The zero-order chi connectivity index (χ0) is 19.1. The molecule has 0 aromatic heterocycles. The normalized spacial score (nSPS) is 17.3. The number of hydrogen-bond acceptors (Lipinski definition) is 3. The van der Waals surface area contributed by atoms with Gasteiger partial charge in [-0.25, -0.2) is 9.38 Å². The summed E-state index contributed by atoms with van der Waals surface area (Å²) in [6, 6.07) is 5.21. The first-order valence-electron chi connectivity index (χ1n) is 9.18. The molecule has 1 atom stereocenters. The number of primary amides is 1. The highest BCUT2D eigenvalue weighted by molar-refractivity contribution is 14.0. The molecule has 1 saturated heterocycles. The van der Waals surface area contributed by atoms with Crippen LogP contribution in [-0.4, -0.2) is 50.5 Å². The number of carbonyl (C=O) groups excluding carboxylic acids is 1. The van der Waals surface area contributed by atoms with E-state index in [0.29, 0.717) is 18.7 Å². The number of amides is 1. The second-order valence-corrected chi connectivity index (χ2v) is 6.98. The molecule has 1 fully saturated rings. The minimum Gasteiger partial charge on any atom is -0.375 e. The molecule has 1 heterocycles. The SMILES string of the molecule is CCNC(=NCc1ccc(N(C)C)c(F)c1)N1CCCC(CC(N)=O)C1.I. The third-order valence-corrected chi connectivity index (χ3v) is 4.55. The molecule has 1 aromatic rings. The van der Waals surface area contributed by atoms with E-state index in [1.165, 1.54) is 6.07 Å². The van der Waals surface area contributed by atoms with Gasteiger partial charge in [-0.05, 0) is 43.4 Å². The van der Waals surface area contributed by atoms with E-state index in [2.05, 4.69) is 15.2 Å². The van der Waals surface area contributed by atoms with Crippen molar-refractivity contribution in [1.82, 2.24) is 10.2 Å². The van der Waals surface area contributed by atoms with Crippen LogP contribution in [0.1, 0.15) is 31.7 Å². The summed E-state index contributed by atoms with van der Waals surface area (Å²) in [4.78, 5) is 19.8. The number of aliphatic imine (C=N–C) groups is 1. The summed E-state index contributed by atoms with van der Waals surface area (Å²) in [5, 5.41) is 3.30. The van der Waals surface area contributed by atoms with E-state index in [1.807, 2.05) is 27.1 Å². The molecule has 1 amide bonds. The molecule has 0 radical (unpaired) electrons. The molecule has 0 bridgehead atoms. The van der Waals surface area contributed by atoms with Gasteiger partial charge in [-0.2, -0.15) is 0 Å². The van der Waals surface area contributed by atoms with Gasteiger partial charge in [0.05, 0.1) is 12.2 Å². The Morgan fingerprint density at radius 3 is 2.78 bits per heavy atom. The van der Waals surface area contributed by atoms with E-state index >= 15 is 0 Å². The first-order valence-corrected chi connectivity index (χ1v) is 9.18. The predicted molar refractivity (Wildman–Crippen MR) is 119 cm³/mol. The first kappa shape index (κ1) is 23.5. The second-order valence-electron chi connectivity index (χ2n) is 6.98. The highest BCUT2D eigenvalue weighted by atomic mass is 127. The van der Waals surface area contributed by atoms with E-state index < -0.39 is 0 Å². The second kappa shape index (κ2) is 11.3. The van der Waals surface area contributed by atoms with Crippen molar-refractivity contribution in [1.29, 1.82) is 0 Å². The van der Waals surface area contributed by atoms with Crippen molar-refractivity contribution in [2.24, 2.45) is 16.6 Å². The number of guanidine groups is 1. The summed E-state index contributed by atoms with van der Waals surface area (Å²) in [6.45, 7) is 4.84. The molecule has 0 saturated carbocycles. The van der Waals surface area contributed by atoms with Gasteiger partial charge in [-0.1, -0.05) is 6.07 Å². The van der Waals surface area contributed by atoms with Crippen molar-refractivity contribution >= 4 is 41.5 Å². The number of hydrogen-bond donors (Lipinski definition) is 2. The molecule has 152 valence electrons. The van der Waals surface area contributed by atoms with Crippen molar-refractivity contribution in [3.05, 3.63) is 29.6 Å². The first-order chi connectivity index (χ1) is 12.4. The van der Waals surface area contributed by atoms with Crippen LogP contribution in [0.5, 0.6) is 0 Å². The highest BCUT2D eigenvalue weighted by Gasteiger charge is 2.23. The lowest BCUT2D eigenvalue weighted by Gasteiger charge is -2.34. The fourth-order valence-electron chi connectivity index (χ4n) is 3.31. The average Bonchev–Trinajstić information content (AvgIpc) is 2.58. The molecule has 27 heavy (non-hydrogen) atoms. The van der Waals surface area contributed by atoms with Crippen LogP contribution in [0.15, 0.2) is 23.2 Å². The smallest absolute Gasteiger partial charge is 0.217 e. The molecule has 2 rings (SSSR count). The zero-order valence-corrected chi connectivity index (χ0v) is 18.7. The minimum absolute atomic E-state index is 0. The summed E-state index contributed by atoms with van der Waals surface area (Å²) < 4.78 is 14.1. The third-order valence-electron chi connectivity index (χ3n) is 4.55. The van der Waals surface area contributed by atoms with Gasteiger partial charge in [-0.3, -0.25) is 4.79 Å². The van der Waals surface area contributed by atoms with Crippen LogP contribution in [0, 0.1) is 11.7 Å². The molecule has 0 spiro atoms. The van der Waals surface area contributed by atoms with Crippen LogP contribution in [0.4, 0.5) is 10.1 Å². The average molecular weight is 491 g/mol. The number of nitrogens with zero attached hydrogens (tertiary/aromatic N) is 3. The lowest BCUT2D eigenvalue weighted by atomic mass is 9.95. The van der Waals surface area contributed by atoms with Gasteiger partial charge in [0.25, 0.3) is 0 Å². The highest BCUT2D eigenvalue weighted by Crippen LogP contribution is 2.21. The third kappa shape index (κ3) is 7.15. The quantitative estimate of drug-likeness (QED) is 0.365. The van der Waals surface area contributed by atoms with Crippen LogP contribution < -0.4 is 16.0 Å². The maximum Gasteiger partial charge on any atom is 0.217 e. The van der Waals surface area contributed by atoms with E-state index in [9.17, 15) is 9.18 Å². The van der Waals surface area contributed by atoms with E-state index in [1.54, 1.807) is 11.0 Å². The van der Waals surface area contributed by atoms with Gasteiger partial charge in [0.15, 0.2) is 5.96 Å². The van der Waals surface area contributed by atoms with Gasteiger partial charge in [-0.15, -0.1) is 24.0 Å². The Morgan fingerprint density at radius 2 is 2.19 bits per heavy atom. The van der Waals surface area contributed by atoms with Crippen LogP contribution >= 0.6 is 24.0 Å². The fourth-order valence-corrected chi connectivity index (χ4v) is 3.31. The maximum absolute atomic E-state index is 14.1. The number of piperidine rings is 1. The maximum atomic E-state index is 14.1. The molecule has 3 N–H and O–H groups in total. The molecule has 1 aromatic carbocycles. The summed E-state index contributed by atoms with van der Waals surface area (Å²) in [5.74, 6) is 0.572. The summed E-state index contributed by atoms with van der Waals surface area (Å²) in [6.07, 6.45) is 2.43. The Hall–Kier alpha value is -1.58. The Balaban J connectivity index is 0.00000364. The molecule has 0 aliphatic carbocycles. The number of anilines is 1. The summed E-state index contributed by atoms with van der Waals surface area (Å²) in [5.41, 5.74) is 6.74. The Bertz CT molecular complexity index is 653. The Morgan fingerprint density at radius 1 is 1.44 bits per heavy atom. The van der Waals surface area contributed by atoms with Crippen molar-refractivity contribution < 1.29 is 9.18 Å². The van der Waals surface area contributed by atoms with Crippen LogP contribution in [-0.2, 0) is 11.3 Å². The van der Waals surface area contributed by atoms with Crippen molar-refractivity contribution in [3.63, 3.8) is 0 Å². The van der Waals surface area contributed by atoms with Gasteiger partial charge < -0.3 is 20.9 Å². The lowest BCUT2D eigenvalue weighted by molar-refractivity contribution is -0.119. The van der Waals surface area contributed by atoms with Gasteiger partial charge >= 0.3 is 0 Å². The number of rotatable bonds is 6. The summed E-state index contributed by atoms with van der Waals surface area (Å²) in [7, 11) is 3.64. The molecule has 1 aliphatic rings. The molecular weight excluding hydrogens is 460 g/mol. The zero-order valence-electron chi connectivity index (χ0n) is 16.4. The van der Waals surface area contributed by atoms with Crippen LogP contribution in [0.25, 0.3) is 0 Å². The monoisotopic (exact) mass is 491 g/mol. The number of benzene rings is 1. The van der Waals surface area contributed by atoms with Gasteiger partial charge in [0, 0.05) is 40.2 Å².